The Kier molecular flexibility index (Phi) is 3.55. The van der Waals surface area contributed by atoms with E-state index in [2.05, 4.69) is 4.74 Å². The SMILES string of the molecule is FCC(F)(F)OCC(F)F. The monoisotopic (exact) mass is 164 g/mol. The van der Waals surface area contributed by atoms with Gasteiger partial charge in [-0.05, 0) is 0 Å². The first-order chi connectivity index (χ1) is 4.48. The maximum atomic E-state index is 11.6. The molecule has 0 aromatic rings. The molecule has 0 atom stereocenters. The van der Waals surface area contributed by atoms with Crippen LogP contribution < -0.4 is 0 Å². The van der Waals surface area contributed by atoms with Crippen molar-refractivity contribution in [2.45, 2.75) is 12.5 Å². The molecule has 0 aromatic heterocycles. The van der Waals surface area contributed by atoms with Crippen LogP contribution in [0.1, 0.15) is 0 Å². The minimum atomic E-state index is -4.07. The van der Waals surface area contributed by atoms with Crippen molar-refractivity contribution in [3.8, 4) is 0 Å². The molecular weight excluding hydrogens is 159 g/mol. The first-order valence-corrected chi connectivity index (χ1v) is 2.34. The summed E-state index contributed by atoms with van der Waals surface area (Å²) < 4.78 is 59.7. The van der Waals surface area contributed by atoms with Crippen molar-refractivity contribution in [1.29, 1.82) is 0 Å². The first kappa shape index (κ1) is 9.61. The van der Waals surface area contributed by atoms with Gasteiger partial charge < -0.3 is 4.74 Å². The second-order valence-electron chi connectivity index (χ2n) is 1.47. The highest BCUT2D eigenvalue weighted by Gasteiger charge is 2.30. The van der Waals surface area contributed by atoms with Crippen LogP contribution in [0.3, 0.4) is 0 Å². The minimum Gasteiger partial charge on any atom is -0.312 e. The fourth-order valence-corrected chi connectivity index (χ4v) is 0.223. The van der Waals surface area contributed by atoms with E-state index < -0.39 is 25.8 Å². The Morgan fingerprint density at radius 1 is 1.30 bits per heavy atom. The van der Waals surface area contributed by atoms with E-state index in [1.807, 2.05) is 0 Å². The van der Waals surface area contributed by atoms with Gasteiger partial charge in [0.1, 0.15) is 6.61 Å². The fourth-order valence-electron chi connectivity index (χ4n) is 0.223. The van der Waals surface area contributed by atoms with Crippen LogP contribution in [0.5, 0.6) is 0 Å². The predicted molar refractivity (Wildman–Crippen MR) is 22.9 cm³/mol. The summed E-state index contributed by atoms with van der Waals surface area (Å²) in [4.78, 5) is 0. The van der Waals surface area contributed by atoms with Crippen LogP contribution in [0.25, 0.3) is 0 Å². The summed E-state index contributed by atoms with van der Waals surface area (Å²) in [5, 5.41) is 0. The molecule has 0 radical (unpaired) electrons. The lowest BCUT2D eigenvalue weighted by Gasteiger charge is -2.11. The van der Waals surface area contributed by atoms with E-state index in [4.69, 9.17) is 0 Å². The zero-order valence-corrected chi connectivity index (χ0v) is 4.79. The van der Waals surface area contributed by atoms with Gasteiger partial charge in [0.05, 0.1) is 0 Å². The molecule has 10 heavy (non-hydrogen) atoms. The molecule has 0 aliphatic rings. The summed E-state index contributed by atoms with van der Waals surface area (Å²) >= 11 is 0. The van der Waals surface area contributed by atoms with Crippen LogP contribution in [0, 0.1) is 0 Å². The third-order valence-corrected chi connectivity index (χ3v) is 0.576. The quantitative estimate of drug-likeness (QED) is 0.576. The Morgan fingerprint density at radius 2 is 1.80 bits per heavy atom. The van der Waals surface area contributed by atoms with Crippen molar-refractivity contribution in [3.05, 3.63) is 0 Å². The Morgan fingerprint density at radius 3 is 2.10 bits per heavy atom. The lowest BCUT2D eigenvalue weighted by Crippen LogP contribution is -2.26. The molecule has 62 valence electrons. The summed E-state index contributed by atoms with van der Waals surface area (Å²) in [5.41, 5.74) is 0. The maximum absolute atomic E-state index is 11.6. The lowest BCUT2D eigenvalue weighted by atomic mass is 10.7. The summed E-state index contributed by atoms with van der Waals surface area (Å²) in [6.45, 7) is -3.53. The Labute approximate surface area is 53.8 Å². The summed E-state index contributed by atoms with van der Waals surface area (Å²) in [7, 11) is 0. The van der Waals surface area contributed by atoms with Crippen molar-refractivity contribution in [2.75, 3.05) is 13.3 Å². The number of ether oxygens (including phenoxy) is 1. The van der Waals surface area contributed by atoms with E-state index in [1.165, 1.54) is 0 Å². The Bertz CT molecular complexity index is 93.6. The van der Waals surface area contributed by atoms with Gasteiger partial charge in [-0.15, -0.1) is 0 Å². The average Bonchev–Trinajstić information content (AvgIpc) is 1.85. The van der Waals surface area contributed by atoms with E-state index in [0.29, 0.717) is 0 Å². The minimum absolute atomic E-state index is 1.45. The highest BCUT2D eigenvalue weighted by molar-refractivity contribution is 4.48. The van der Waals surface area contributed by atoms with Gasteiger partial charge in [-0.1, -0.05) is 0 Å². The van der Waals surface area contributed by atoms with E-state index in [9.17, 15) is 22.0 Å². The Balaban J connectivity index is 3.46. The van der Waals surface area contributed by atoms with Crippen LogP contribution in [0.2, 0.25) is 0 Å². The van der Waals surface area contributed by atoms with Gasteiger partial charge in [0.15, 0.2) is 6.67 Å². The normalized spacial score (nSPS) is 12.6. The van der Waals surface area contributed by atoms with Gasteiger partial charge in [0.25, 0.3) is 6.43 Å². The van der Waals surface area contributed by atoms with Crippen LogP contribution in [0.15, 0.2) is 0 Å². The van der Waals surface area contributed by atoms with Gasteiger partial charge in [-0.3, -0.25) is 0 Å². The van der Waals surface area contributed by atoms with Gasteiger partial charge in [0.2, 0.25) is 0 Å². The Hall–Kier alpha value is -0.390. The van der Waals surface area contributed by atoms with Crippen molar-refractivity contribution >= 4 is 0 Å². The molecule has 0 saturated carbocycles. The average molecular weight is 164 g/mol. The smallest absolute Gasteiger partial charge is 0.312 e. The van der Waals surface area contributed by atoms with Crippen molar-refractivity contribution in [3.63, 3.8) is 0 Å². The summed E-state index contributed by atoms with van der Waals surface area (Å²) in [5.74, 6) is 0. The topological polar surface area (TPSA) is 9.23 Å². The van der Waals surface area contributed by atoms with Crippen molar-refractivity contribution in [1.82, 2.24) is 0 Å². The molecule has 0 rings (SSSR count). The molecule has 0 aromatic carbocycles. The van der Waals surface area contributed by atoms with Crippen LogP contribution in [-0.4, -0.2) is 25.8 Å². The number of rotatable bonds is 4. The molecule has 0 amide bonds. The molecule has 0 aliphatic carbocycles. The highest BCUT2D eigenvalue weighted by Crippen LogP contribution is 2.16. The molecule has 0 aliphatic heterocycles. The number of hydrogen-bond acceptors (Lipinski definition) is 1. The van der Waals surface area contributed by atoms with Crippen molar-refractivity contribution < 1.29 is 26.7 Å². The van der Waals surface area contributed by atoms with E-state index in [-0.39, 0.29) is 0 Å². The molecule has 1 nitrogen and oxygen atoms in total. The van der Waals surface area contributed by atoms with E-state index in [0.717, 1.165) is 0 Å². The second-order valence-corrected chi connectivity index (χ2v) is 1.47. The molecule has 6 heteroatoms. The zero-order valence-electron chi connectivity index (χ0n) is 4.79. The third kappa shape index (κ3) is 4.49. The standard InChI is InChI=1S/C4H5F5O/c5-2-4(8,9)10-1-3(6)7/h3H,1-2H2. The van der Waals surface area contributed by atoms with Gasteiger partial charge in [-0.25, -0.2) is 13.2 Å². The van der Waals surface area contributed by atoms with E-state index >= 15 is 0 Å². The number of halogens is 5. The molecule has 0 fully saturated rings. The summed E-state index contributed by atoms with van der Waals surface area (Å²) in [6.07, 6.45) is -7.08. The highest BCUT2D eigenvalue weighted by atomic mass is 19.3. The number of alkyl halides is 5. The lowest BCUT2D eigenvalue weighted by molar-refractivity contribution is -0.257. The first-order valence-electron chi connectivity index (χ1n) is 2.34. The van der Waals surface area contributed by atoms with E-state index in [1.54, 1.807) is 0 Å². The zero-order chi connectivity index (χ0) is 8.20. The van der Waals surface area contributed by atoms with Crippen LogP contribution >= 0.6 is 0 Å². The summed E-state index contributed by atoms with van der Waals surface area (Å²) in [6, 6.07) is 0. The second kappa shape index (κ2) is 3.70. The van der Waals surface area contributed by atoms with Crippen LogP contribution in [-0.2, 0) is 4.74 Å². The largest absolute Gasteiger partial charge is 0.384 e. The molecule has 0 heterocycles. The van der Waals surface area contributed by atoms with Crippen molar-refractivity contribution in [2.24, 2.45) is 0 Å². The van der Waals surface area contributed by atoms with Gasteiger partial charge in [-0.2, -0.15) is 8.78 Å². The third-order valence-electron chi connectivity index (χ3n) is 0.576. The number of hydrogen-bond donors (Lipinski definition) is 0. The van der Waals surface area contributed by atoms with Gasteiger partial charge in [0, 0.05) is 0 Å². The molecular formula is C4H5F5O. The van der Waals surface area contributed by atoms with Gasteiger partial charge >= 0.3 is 6.11 Å². The van der Waals surface area contributed by atoms with Crippen LogP contribution in [0.4, 0.5) is 22.0 Å². The fraction of sp³-hybridized carbons (Fsp3) is 1.00. The maximum Gasteiger partial charge on any atom is 0.384 e. The molecule has 0 saturated heterocycles. The molecule has 0 spiro atoms. The molecule has 0 bridgehead atoms. The molecule has 0 unspecified atom stereocenters. The molecule has 0 N–H and O–H groups in total. The predicted octanol–water partition coefficient (Wildman–Crippen LogP) is 1.83.